The lowest BCUT2D eigenvalue weighted by molar-refractivity contribution is -0.130. The van der Waals surface area contributed by atoms with Crippen LogP contribution in [0.3, 0.4) is 0 Å². The van der Waals surface area contributed by atoms with E-state index in [1.54, 1.807) is 18.3 Å². The highest BCUT2D eigenvalue weighted by molar-refractivity contribution is 5.90. The number of amides is 1. The molecule has 0 saturated carbocycles. The van der Waals surface area contributed by atoms with E-state index in [9.17, 15) is 4.79 Å². The number of methoxy groups -OCH3 is 1. The number of aromatic nitrogens is 1. The van der Waals surface area contributed by atoms with Crippen LogP contribution in [0.15, 0.2) is 77.9 Å². The summed E-state index contributed by atoms with van der Waals surface area (Å²) in [5.74, 6) is 0.823. The fraction of sp³-hybridized carbons (Fsp3) is 0.214. The summed E-state index contributed by atoms with van der Waals surface area (Å²) in [7, 11) is 1.65. The number of fused-ring (bicyclic) bond motifs is 4. The molecule has 0 aliphatic carbocycles. The molecule has 34 heavy (non-hydrogen) atoms. The van der Waals surface area contributed by atoms with Crippen molar-refractivity contribution in [3.8, 4) is 5.75 Å². The summed E-state index contributed by atoms with van der Waals surface area (Å²) < 4.78 is 5.25. The maximum atomic E-state index is 13.7. The quantitative estimate of drug-likeness (QED) is 0.455. The maximum absolute atomic E-state index is 13.7. The number of carbonyl (C=O) groups excluding carboxylic acids is 1. The molecule has 6 nitrogen and oxygen atoms in total. The lowest BCUT2D eigenvalue weighted by atomic mass is 9.96. The number of benzene rings is 3. The molecule has 1 saturated heterocycles. The molecule has 2 aliphatic heterocycles. The third-order valence-electron chi connectivity index (χ3n) is 6.92. The van der Waals surface area contributed by atoms with Gasteiger partial charge in [0.15, 0.2) is 0 Å². The second-order valence-corrected chi connectivity index (χ2v) is 9.00. The predicted molar refractivity (Wildman–Crippen MR) is 133 cm³/mol. The number of aromatic amines is 1. The minimum absolute atomic E-state index is 0.0336. The molecular weight excluding hydrogens is 424 g/mol. The molecule has 6 rings (SSSR count). The van der Waals surface area contributed by atoms with Crippen molar-refractivity contribution in [3.63, 3.8) is 0 Å². The third-order valence-corrected chi connectivity index (χ3v) is 6.92. The fourth-order valence-electron chi connectivity index (χ4n) is 5.14. The van der Waals surface area contributed by atoms with Gasteiger partial charge in [-0.3, -0.25) is 9.69 Å². The van der Waals surface area contributed by atoms with Gasteiger partial charge in [0.05, 0.1) is 19.4 Å². The van der Waals surface area contributed by atoms with Gasteiger partial charge in [-0.25, -0.2) is 5.01 Å². The largest absolute Gasteiger partial charge is 0.497 e. The summed E-state index contributed by atoms with van der Waals surface area (Å²) in [5.41, 5.74) is 6.72. The molecule has 170 valence electrons. The minimum atomic E-state index is -0.257. The highest BCUT2D eigenvalue weighted by Gasteiger charge is 2.49. The van der Waals surface area contributed by atoms with E-state index in [2.05, 4.69) is 59.3 Å². The smallest absolute Gasteiger partial charge is 0.262 e. The van der Waals surface area contributed by atoms with E-state index < -0.39 is 0 Å². The molecular formula is C28H26N4O2. The number of para-hydroxylation sites is 1. The molecule has 1 fully saturated rings. The Labute approximate surface area is 198 Å². The average molecular weight is 451 g/mol. The van der Waals surface area contributed by atoms with Crippen LogP contribution in [0.25, 0.3) is 10.9 Å². The van der Waals surface area contributed by atoms with E-state index >= 15 is 0 Å². The SMILES string of the molecule is COc1ccc(/C=N\N2C(=O)[C@H]3Cc4c([nH]c5ccccc45)CN3[C@H]2c2ccc(C)cc2)cc1. The zero-order valence-corrected chi connectivity index (χ0v) is 19.2. The summed E-state index contributed by atoms with van der Waals surface area (Å²) in [4.78, 5) is 19.6. The number of ether oxygens (including phenoxy) is 1. The third kappa shape index (κ3) is 3.38. The normalized spacial score (nSPS) is 20.2. The number of carbonyl (C=O) groups is 1. The molecule has 0 spiro atoms. The van der Waals surface area contributed by atoms with Gasteiger partial charge in [-0.15, -0.1) is 0 Å². The van der Waals surface area contributed by atoms with Crippen LogP contribution < -0.4 is 4.74 Å². The van der Waals surface area contributed by atoms with E-state index in [4.69, 9.17) is 9.84 Å². The van der Waals surface area contributed by atoms with Crippen LogP contribution in [-0.2, 0) is 17.8 Å². The molecule has 1 aromatic heterocycles. The van der Waals surface area contributed by atoms with Crippen LogP contribution in [0.1, 0.15) is 34.1 Å². The molecule has 0 unspecified atom stereocenters. The van der Waals surface area contributed by atoms with Crippen molar-refractivity contribution < 1.29 is 9.53 Å². The first-order chi connectivity index (χ1) is 16.6. The second kappa shape index (κ2) is 8.15. The zero-order valence-electron chi connectivity index (χ0n) is 19.2. The van der Waals surface area contributed by atoms with Gasteiger partial charge < -0.3 is 9.72 Å². The first kappa shape index (κ1) is 20.7. The van der Waals surface area contributed by atoms with Crippen molar-refractivity contribution in [2.75, 3.05) is 7.11 Å². The summed E-state index contributed by atoms with van der Waals surface area (Å²) in [5, 5.41) is 7.58. The number of hydrazone groups is 1. The van der Waals surface area contributed by atoms with Crippen LogP contribution in [0, 0.1) is 6.92 Å². The number of H-pyrrole nitrogens is 1. The van der Waals surface area contributed by atoms with Crippen LogP contribution >= 0.6 is 0 Å². The van der Waals surface area contributed by atoms with Gasteiger partial charge in [0, 0.05) is 23.1 Å². The summed E-state index contributed by atoms with van der Waals surface area (Å²) in [6, 6.07) is 24.2. The summed E-state index contributed by atoms with van der Waals surface area (Å²) in [6.45, 7) is 2.75. The molecule has 2 atom stereocenters. The lowest BCUT2D eigenvalue weighted by Gasteiger charge is -2.32. The molecule has 3 heterocycles. The minimum Gasteiger partial charge on any atom is -0.497 e. The van der Waals surface area contributed by atoms with Crippen molar-refractivity contribution in [1.29, 1.82) is 0 Å². The van der Waals surface area contributed by atoms with Gasteiger partial charge in [0.25, 0.3) is 5.91 Å². The number of aryl methyl sites for hydroxylation is 1. The van der Waals surface area contributed by atoms with E-state index in [0.29, 0.717) is 13.0 Å². The Morgan fingerprint density at radius 3 is 2.56 bits per heavy atom. The molecule has 3 aromatic carbocycles. The van der Waals surface area contributed by atoms with Gasteiger partial charge in [-0.1, -0.05) is 48.0 Å². The van der Waals surface area contributed by atoms with Crippen molar-refractivity contribution in [2.45, 2.75) is 32.1 Å². The topological polar surface area (TPSA) is 60.9 Å². The molecule has 1 N–H and O–H groups in total. The van der Waals surface area contributed by atoms with Crippen LogP contribution in [0.2, 0.25) is 0 Å². The van der Waals surface area contributed by atoms with E-state index in [0.717, 1.165) is 22.4 Å². The van der Waals surface area contributed by atoms with Crippen molar-refractivity contribution >= 4 is 23.0 Å². The molecule has 1 amide bonds. The van der Waals surface area contributed by atoms with Gasteiger partial charge >= 0.3 is 0 Å². The highest BCUT2D eigenvalue weighted by atomic mass is 16.5. The van der Waals surface area contributed by atoms with E-state index in [-0.39, 0.29) is 18.1 Å². The van der Waals surface area contributed by atoms with Crippen LogP contribution in [0.4, 0.5) is 0 Å². The Balaban J connectivity index is 1.39. The van der Waals surface area contributed by atoms with Crippen molar-refractivity contribution in [1.82, 2.24) is 14.9 Å². The predicted octanol–water partition coefficient (Wildman–Crippen LogP) is 4.79. The first-order valence-corrected chi connectivity index (χ1v) is 11.5. The van der Waals surface area contributed by atoms with E-state index in [1.807, 2.05) is 30.3 Å². The van der Waals surface area contributed by atoms with E-state index in [1.165, 1.54) is 22.2 Å². The zero-order chi connectivity index (χ0) is 23.2. The first-order valence-electron chi connectivity index (χ1n) is 11.5. The van der Waals surface area contributed by atoms with Gasteiger partial charge in [0.2, 0.25) is 0 Å². The molecule has 6 heteroatoms. The standard InChI is InChI=1S/C28H26N4O2/c1-18-7-11-20(12-8-18)27-31-17-25-23(22-5-3-4-6-24(22)30-25)15-26(31)28(33)32(27)29-16-19-9-13-21(34-2)14-10-19/h3-14,16,26-27,30H,15,17H2,1-2H3/b29-16-/t26-,27-/m1/s1. The van der Waals surface area contributed by atoms with Gasteiger partial charge in [-0.05, 0) is 60.4 Å². The Morgan fingerprint density at radius 2 is 1.79 bits per heavy atom. The Bertz CT molecular complexity index is 1390. The maximum Gasteiger partial charge on any atom is 0.262 e. The highest BCUT2D eigenvalue weighted by Crippen LogP contribution is 2.42. The number of hydrogen-bond acceptors (Lipinski definition) is 4. The number of hydrogen-bond donors (Lipinski definition) is 1. The Kier molecular flexibility index (Phi) is 4.96. The Morgan fingerprint density at radius 1 is 1.03 bits per heavy atom. The molecule has 2 aliphatic rings. The number of nitrogens with zero attached hydrogens (tertiary/aromatic N) is 3. The second-order valence-electron chi connectivity index (χ2n) is 9.00. The van der Waals surface area contributed by atoms with Gasteiger partial charge in [0.1, 0.15) is 11.9 Å². The number of rotatable bonds is 4. The average Bonchev–Trinajstić information content (AvgIpc) is 3.36. The number of nitrogens with one attached hydrogen (secondary N) is 1. The van der Waals surface area contributed by atoms with Crippen LogP contribution in [0.5, 0.6) is 5.75 Å². The van der Waals surface area contributed by atoms with Crippen LogP contribution in [-0.4, -0.2) is 40.2 Å². The lowest BCUT2D eigenvalue weighted by Crippen LogP contribution is -2.39. The summed E-state index contributed by atoms with van der Waals surface area (Å²) in [6.07, 6.45) is 2.17. The molecule has 0 radical (unpaired) electrons. The monoisotopic (exact) mass is 450 g/mol. The molecule has 4 aromatic rings. The fourth-order valence-corrected chi connectivity index (χ4v) is 5.14. The summed E-state index contributed by atoms with van der Waals surface area (Å²) >= 11 is 0. The molecule has 0 bridgehead atoms. The van der Waals surface area contributed by atoms with Gasteiger partial charge in [-0.2, -0.15) is 5.10 Å². The van der Waals surface area contributed by atoms with Crippen molar-refractivity contribution in [2.24, 2.45) is 5.10 Å². The van der Waals surface area contributed by atoms with Crippen molar-refractivity contribution in [3.05, 3.63) is 101 Å². The Hall–Kier alpha value is -3.90.